The van der Waals surface area contributed by atoms with Gasteiger partial charge < -0.3 is 20.1 Å². The summed E-state index contributed by atoms with van der Waals surface area (Å²) in [7, 11) is 2.99. The molecule has 0 aliphatic heterocycles. The summed E-state index contributed by atoms with van der Waals surface area (Å²) in [4.78, 5) is 3.87. The second-order valence-electron chi connectivity index (χ2n) is 4.29. The third-order valence-electron chi connectivity index (χ3n) is 2.65. The third kappa shape index (κ3) is 6.11. The molecule has 0 unspecified atom stereocenters. The maximum absolute atomic E-state index is 12.1. The first-order valence-electron chi connectivity index (χ1n) is 6.75. The van der Waals surface area contributed by atoms with Crippen molar-refractivity contribution in [1.29, 1.82) is 0 Å². The molecule has 124 valence electrons. The van der Waals surface area contributed by atoms with Crippen molar-refractivity contribution in [2.24, 2.45) is 4.99 Å². The van der Waals surface area contributed by atoms with Crippen LogP contribution >= 0.6 is 0 Å². The molecule has 0 aliphatic rings. The molecule has 0 atom stereocenters. The van der Waals surface area contributed by atoms with Gasteiger partial charge in [-0.1, -0.05) is 0 Å². The van der Waals surface area contributed by atoms with E-state index < -0.39 is 12.6 Å². The zero-order valence-electron chi connectivity index (χ0n) is 12.8. The number of rotatable bonds is 6. The number of benzene rings is 1. The van der Waals surface area contributed by atoms with Crippen molar-refractivity contribution >= 4 is 11.6 Å². The van der Waals surface area contributed by atoms with Crippen LogP contribution in [-0.4, -0.2) is 39.4 Å². The number of nitrogens with zero attached hydrogens (tertiary/aromatic N) is 1. The highest BCUT2D eigenvalue weighted by Gasteiger charge is 2.26. The molecule has 1 rings (SSSR count). The number of hydrogen-bond acceptors (Lipinski definition) is 3. The molecule has 0 fully saturated rings. The second kappa shape index (κ2) is 8.35. The van der Waals surface area contributed by atoms with Gasteiger partial charge in [-0.05, 0) is 19.1 Å². The van der Waals surface area contributed by atoms with Crippen LogP contribution in [0.4, 0.5) is 18.9 Å². The molecule has 0 heterocycles. The van der Waals surface area contributed by atoms with Crippen molar-refractivity contribution in [2.75, 3.05) is 32.6 Å². The Bertz CT molecular complexity index is 505. The van der Waals surface area contributed by atoms with Gasteiger partial charge in [-0.2, -0.15) is 13.2 Å². The van der Waals surface area contributed by atoms with E-state index in [0.717, 1.165) is 0 Å². The Morgan fingerprint density at radius 3 is 2.55 bits per heavy atom. The predicted octanol–water partition coefficient (Wildman–Crippen LogP) is 3.03. The quantitative estimate of drug-likeness (QED) is 0.625. The molecule has 0 amide bonds. The fourth-order valence-electron chi connectivity index (χ4n) is 1.66. The zero-order chi connectivity index (χ0) is 16.6. The highest BCUT2D eigenvalue weighted by Crippen LogP contribution is 2.30. The van der Waals surface area contributed by atoms with Crippen LogP contribution in [0.5, 0.6) is 11.5 Å². The number of hydrogen-bond donors (Lipinski definition) is 2. The summed E-state index contributed by atoms with van der Waals surface area (Å²) in [5.74, 6) is 1.36. The first-order chi connectivity index (χ1) is 10.4. The van der Waals surface area contributed by atoms with Crippen molar-refractivity contribution < 1.29 is 22.6 Å². The van der Waals surface area contributed by atoms with Gasteiger partial charge in [0.15, 0.2) is 17.5 Å². The van der Waals surface area contributed by atoms with Gasteiger partial charge in [-0.25, -0.2) is 0 Å². The van der Waals surface area contributed by atoms with E-state index in [1.807, 2.05) is 6.92 Å². The summed E-state index contributed by atoms with van der Waals surface area (Å²) in [6, 6.07) is 5.12. The highest BCUT2D eigenvalue weighted by molar-refractivity contribution is 5.93. The standard InChI is InChI=1S/C14H20F3N3O2/c1-4-22-11-6-5-10(9-12(11)21-3)20-13(18-2)19-8-7-14(15,16)17/h5-6,9H,4,7-8H2,1-3H3,(H2,18,19,20). The predicted molar refractivity (Wildman–Crippen MR) is 79.8 cm³/mol. The number of anilines is 1. The number of alkyl halides is 3. The minimum absolute atomic E-state index is 0.246. The number of methoxy groups -OCH3 is 1. The Morgan fingerprint density at radius 2 is 2.00 bits per heavy atom. The number of ether oxygens (including phenoxy) is 2. The van der Waals surface area contributed by atoms with Crippen molar-refractivity contribution in [2.45, 2.75) is 19.5 Å². The van der Waals surface area contributed by atoms with Gasteiger partial charge in [0, 0.05) is 25.3 Å². The second-order valence-corrected chi connectivity index (χ2v) is 4.29. The van der Waals surface area contributed by atoms with Crippen LogP contribution < -0.4 is 20.1 Å². The molecule has 0 saturated carbocycles. The van der Waals surface area contributed by atoms with E-state index >= 15 is 0 Å². The Kier molecular flexibility index (Phi) is 6.81. The lowest BCUT2D eigenvalue weighted by molar-refractivity contribution is -0.132. The molecule has 0 saturated heterocycles. The van der Waals surface area contributed by atoms with Gasteiger partial charge in [0.05, 0.1) is 20.1 Å². The summed E-state index contributed by atoms with van der Waals surface area (Å²) < 4.78 is 47.0. The van der Waals surface area contributed by atoms with Crippen LogP contribution in [0.3, 0.4) is 0 Å². The van der Waals surface area contributed by atoms with Gasteiger partial charge in [0.1, 0.15) is 0 Å². The largest absolute Gasteiger partial charge is 0.493 e. The molecule has 0 radical (unpaired) electrons. The normalized spacial score (nSPS) is 12.0. The summed E-state index contributed by atoms with van der Waals surface area (Å²) in [5.41, 5.74) is 0.625. The molecule has 5 nitrogen and oxygen atoms in total. The molecule has 8 heteroatoms. The van der Waals surface area contributed by atoms with E-state index in [4.69, 9.17) is 9.47 Å². The molecule has 0 aromatic heterocycles. The average molecular weight is 319 g/mol. The van der Waals surface area contributed by atoms with Crippen LogP contribution in [0.2, 0.25) is 0 Å². The SMILES string of the molecule is CCOc1ccc(NC(=NC)NCCC(F)(F)F)cc1OC. The van der Waals surface area contributed by atoms with Crippen molar-refractivity contribution in [3.05, 3.63) is 18.2 Å². The van der Waals surface area contributed by atoms with E-state index in [0.29, 0.717) is 23.8 Å². The van der Waals surface area contributed by atoms with E-state index in [1.54, 1.807) is 18.2 Å². The molecule has 1 aromatic carbocycles. The first-order valence-corrected chi connectivity index (χ1v) is 6.75. The Balaban J connectivity index is 2.67. The fraction of sp³-hybridized carbons (Fsp3) is 0.500. The molecule has 0 aliphatic carbocycles. The van der Waals surface area contributed by atoms with Crippen LogP contribution in [0.15, 0.2) is 23.2 Å². The fourth-order valence-corrected chi connectivity index (χ4v) is 1.66. The number of aliphatic imine (C=N–C) groups is 1. The van der Waals surface area contributed by atoms with Crippen LogP contribution in [0.25, 0.3) is 0 Å². The van der Waals surface area contributed by atoms with Gasteiger partial charge in [-0.3, -0.25) is 4.99 Å². The molecule has 1 aromatic rings. The number of guanidine groups is 1. The summed E-state index contributed by atoms with van der Waals surface area (Å²) in [5, 5.41) is 5.49. The van der Waals surface area contributed by atoms with Gasteiger partial charge in [0.2, 0.25) is 0 Å². The summed E-state index contributed by atoms with van der Waals surface area (Å²) in [6.45, 7) is 2.11. The van der Waals surface area contributed by atoms with Gasteiger partial charge in [0.25, 0.3) is 0 Å². The molecule has 0 bridgehead atoms. The minimum Gasteiger partial charge on any atom is -0.493 e. The highest BCUT2D eigenvalue weighted by atomic mass is 19.4. The molecule has 22 heavy (non-hydrogen) atoms. The Labute approximate surface area is 127 Å². The lowest BCUT2D eigenvalue weighted by atomic mass is 10.2. The molecular formula is C14H20F3N3O2. The van der Waals surface area contributed by atoms with Crippen molar-refractivity contribution in [3.63, 3.8) is 0 Å². The van der Waals surface area contributed by atoms with Crippen LogP contribution in [-0.2, 0) is 0 Å². The van der Waals surface area contributed by atoms with Crippen molar-refractivity contribution in [3.8, 4) is 11.5 Å². The van der Waals surface area contributed by atoms with Gasteiger partial charge >= 0.3 is 6.18 Å². The lowest BCUT2D eigenvalue weighted by Gasteiger charge is -2.15. The molecule has 0 spiro atoms. The smallest absolute Gasteiger partial charge is 0.390 e. The minimum atomic E-state index is -4.20. The number of nitrogens with one attached hydrogen (secondary N) is 2. The van der Waals surface area contributed by atoms with Crippen LogP contribution in [0, 0.1) is 0 Å². The monoisotopic (exact) mass is 319 g/mol. The zero-order valence-corrected chi connectivity index (χ0v) is 12.8. The van der Waals surface area contributed by atoms with E-state index in [-0.39, 0.29) is 12.5 Å². The van der Waals surface area contributed by atoms with E-state index in [9.17, 15) is 13.2 Å². The van der Waals surface area contributed by atoms with Crippen LogP contribution in [0.1, 0.15) is 13.3 Å². The topological polar surface area (TPSA) is 54.9 Å². The molecule has 2 N–H and O–H groups in total. The summed E-state index contributed by atoms with van der Waals surface area (Å²) >= 11 is 0. The lowest BCUT2D eigenvalue weighted by Crippen LogP contribution is -2.33. The maximum atomic E-state index is 12.1. The van der Waals surface area contributed by atoms with Crippen molar-refractivity contribution in [1.82, 2.24) is 5.32 Å². The van der Waals surface area contributed by atoms with Gasteiger partial charge in [-0.15, -0.1) is 0 Å². The van der Waals surface area contributed by atoms with E-state index in [2.05, 4.69) is 15.6 Å². The average Bonchev–Trinajstić information content (AvgIpc) is 2.46. The number of halogens is 3. The third-order valence-corrected chi connectivity index (χ3v) is 2.65. The Morgan fingerprint density at radius 1 is 1.27 bits per heavy atom. The summed E-state index contributed by atoms with van der Waals surface area (Å²) in [6.07, 6.45) is -5.13. The first kappa shape index (κ1) is 17.9. The Hall–Kier alpha value is -2.12. The maximum Gasteiger partial charge on any atom is 0.390 e. The van der Waals surface area contributed by atoms with E-state index in [1.165, 1.54) is 14.2 Å². The molecular weight excluding hydrogens is 299 g/mol.